The van der Waals surface area contributed by atoms with Gasteiger partial charge in [-0.2, -0.15) is 0 Å². The number of halogens is 2. The van der Waals surface area contributed by atoms with Gasteiger partial charge in [-0.05, 0) is 17.7 Å². The number of benzene rings is 1. The molecule has 0 saturated carbocycles. The van der Waals surface area contributed by atoms with Crippen LogP contribution in [0.15, 0.2) is 18.2 Å². The minimum Gasteiger partial charge on any atom is -0.550 e. The number of carboxylic acid groups (broad SMARTS) is 1. The van der Waals surface area contributed by atoms with E-state index in [1.165, 1.54) is 6.07 Å². The molecule has 0 bridgehead atoms. The van der Waals surface area contributed by atoms with Crippen LogP contribution in [0.2, 0.25) is 10.0 Å². The van der Waals surface area contributed by atoms with Gasteiger partial charge in [-0.15, -0.1) is 0 Å². The molecule has 0 aliphatic rings. The molecule has 2 nitrogen and oxygen atoms in total. The molecule has 0 aromatic heterocycles. The van der Waals surface area contributed by atoms with Crippen molar-refractivity contribution in [2.45, 2.75) is 6.42 Å². The zero-order valence-electron chi connectivity index (χ0n) is 7.01. The molecule has 0 heterocycles. The van der Waals surface area contributed by atoms with E-state index in [2.05, 4.69) is 0 Å². The van der Waals surface area contributed by atoms with Gasteiger partial charge in [0.25, 0.3) is 0 Å². The molecule has 0 aliphatic carbocycles. The Balaban J connectivity index is 0.00000144. The number of hydrogen-bond donors (Lipinski definition) is 0. The molecule has 0 atom stereocenters. The summed E-state index contributed by atoms with van der Waals surface area (Å²) in [4.78, 5) is 10.2. The molecular formula is C8H5Cl2NaO2. The van der Waals surface area contributed by atoms with Crippen molar-refractivity contribution in [3.8, 4) is 0 Å². The third-order valence-corrected chi connectivity index (χ3v) is 1.94. The van der Waals surface area contributed by atoms with E-state index in [-0.39, 0.29) is 36.0 Å². The summed E-state index contributed by atoms with van der Waals surface area (Å²) in [5, 5.41) is 11.0. The molecule has 0 spiro atoms. The fraction of sp³-hybridized carbons (Fsp3) is 0.125. The number of carbonyl (C=O) groups excluding carboxylic acids is 1. The second-order valence-corrected chi connectivity index (χ2v) is 3.13. The van der Waals surface area contributed by atoms with Crippen LogP contribution in [0.5, 0.6) is 0 Å². The number of rotatable bonds is 2. The van der Waals surface area contributed by atoms with Gasteiger partial charge < -0.3 is 9.90 Å². The van der Waals surface area contributed by atoms with Crippen molar-refractivity contribution in [1.82, 2.24) is 0 Å². The number of carbonyl (C=O) groups is 1. The minimum atomic E-state index is -1.15. The monoisotopic (exact) mass is 226 g/mol. The first-order chi connectivity index (χ1) is 5.59. The van der Waals surface area contributed by atoms with Gasteiger partial charge in [0.05, 0.1) is 0 Å². The van der Waals surface area contributed by atoms with Gasteiger partial charge in [0.1, 0.15) is 0 Å². The second kappa shape index (κ2) is 5.89. The van der Waals surface area contributed by atoms with E-state index in [9.17, 15) is 9.90 Å². The molecule has 1 aromatic carbocycles. The molecule has 0 fully saturated rings. The molecule has 0 aliphatic heterocycles. The molecule has 13 heavy (non-hydrogen) atoms. The molecular weight excluding hydrogens is 222 g/mol. The standard InChI is InChI=1S/C8H6Cl2O2.Na/c9-6-2-1-5(3-8(11)12)7(10)4-6;/h1-2,4H,3H2,(H,11,12);/q;+1/p-1. The van der Waals surface area contributed by atoms with Crippen LogP contribution < -0.4 is 34.7 Å². The van der Waals surface area contributed by atoms with E-state index in [0.717, 1.165) is 0 Å². The summed E-state index contributed by atoms with van der Waals surface area (Å²) >= 11 is 11.3. The van der Waals surface area contributed by atoms with Crippen LogP contribution in [0.1, 0.15) is 5.56 Å². The molecule has 5 heteroatoms. The average Bonchev–Trinajstić information content (AvgIpc) is 1.94. The largest absolute Gasteiger partial charge is 1.00 e. The van der Waals surface area contributed by atoms with Gasteiger partial charge in [-0.25, -0.2) is 0 Å². The summed E-state index contributed by atoms with van der Waals surface area (Å²) in [6, 6.07) is 4.66. The van der Waals surface area contributed by atoms with Gasteiger partial charge in [-0.3, -0.25) is 0 Å². The molecule has 0 amide bonds. The molecule has 1 aromatic rings. The van der Waals surface area contributed by atoms with Crippen molar-refractivity contribution in [2.24, 2.45) is 0 Å². The van der Waals surface area contributed by atoms with Crippen molar-refractivity contribution >= 4 is 29.2 Å². The Labute approximate surface area is 108 Å². The zero-order chi connectivity index (χ0) is 9.14. The van der Waals surface area contributed by atoms with Gasteiger partial charge in [-0.1, -0.05) is 29.3 Å². The summed E-state index contributed by atoms with van der Waals surface area (Å²) in [5.41, 5.74) is 0.515. The Morgan fingerprint density at radius 3 is 2.46 bits per heavy atom. The zero-order valence-corrected chi connectivity index (χ0v) is 10.5. The predicted molar refractivity (Wildman–Crippen MR) is 45.2 cm³/mol. The van der Waals surface area contributed by atoms with Crippen molar-refractivity contribution in [1.29, 1.82) is 0 Å². The summed E-state index contributed by atoms with van der Waals surface area (Å²) in [6.45, 7) is 0. The van der Waals surface area contributed by atoms with Crippen LogP contribution in [-0.4, -0.2) is 5.97 Å². The summed E-state index contributed by atoms with van der Waals surface area (Å²) in [6.07, 6.45) is -0.185. The van der Waals surface area contributed by atoms with E-state index >= 15 is 0 Å². The smallest absolute Gasteiger partial charge is 0.550 e. The molecule has 0 unspecified atom stereocenters. The summed E-state index contributed by atoms with van der Waals surface area (Å²) in [5.74, 6) is -1.15. The van der Waals surface area contributed by atoms with E-state index in [0.29, 0.717) is 15.6 Å². The number of carboxylic acids is 1. The van der Waals surface area contributed by atoms with Gasteiger partial charge >= 0.3 is 29.6 Å². The Morgan fingerprint density at radius 1 is 1.38 bits per heavy atom. The van der Waals surface area contributed by atoms with Crippen LogP contribution in [0.4, 0.5) is 0 Å². The van der Waals surface area contributed by atoms with Crippen molar-refractivity contribution in [3.05, 3.63) is 33.8 Å². The SMILES string of the molecule is O=C([O-])Cc1ccc(Cl)cc1Cl.[Na+]. The predicted octanol–water partition coefficient (Wildman–Crippen LogP) is -1.71. The molecule has 64 valence electrons. The first-order valence-electron chi connectivity index (χ1n) is 3.23. The van der Waals surface area contributed by atoms with Crippen molar-refractivity contribution < 1.29 is 39.5 Å². The van der Waals surface area contributed by atoms with Crippen LogP contribution in [0.25, 0.3) is 0 Å². The maximum Gasteiger partial charge on any atom is 1.00 e. The maximum absolute atomic E-state index is 10.2. The van der Waals surface area contributed by atoms with Gasteiger partial charge in [0.2, 0.25) is 0 Å². The fourth-order valence-electron chi connectivity index (χ4n) is 0.821. The molecule has 0 N–H and O–H groups in total. The van der Waals surface area contributed by atoms with Gasteiger partial charge in [0.15, 0.2) is 0 Å². The van der Waals surface area contributed by atoms with Crippen LogP contribution in [-0.2, 0) is 11.2 Å². The minimum absolute atomic E-state index is 0. The Hall–Kier alpha value is 0.270. The quantitative estimate of drug-likeness (QED) is 0.564. The third kappa shape index (κ3) is 4.34. The normalized spacial score (nSPS) is 9.08. The fourth-order valence-corrected chi connectivity index (χ4v) is 1.30. The summed E-state index contributed by atoms with van der Waals surface area (Å²) in [7, 11) is 0. The number of hydrogen-bond acceptors (Lipinski definition) is 2. The molecule has 0 radical (unpaired) electrons. The van der Waals surface area contributed by atoms with Crippen molar-refractivity contribution in [2.75, 3.05) is 0 Å². The maximum atomic E-state index is 10.2. The summed E-state index contributed by atoms with van der Waals surface area (Å²) < 4.78 is 0. The number of aliphatic carboxylic acids is 1. The molecule has 1 rings (SSSR count). The second-order valence-electron chi connectivity index (χ2n) is 2.28. The molecule has 0 saturated heterocycles. The first-order valence-corrected chi connectivity index (χ1v) is 3.99. The first kappa shape index (κ1) is 13.3. The van der Waals surface area contributed by atoms with E-state index in [4.69, 9.17) is 23.2 Å². The topological polar surface area (TPSA) is 40.1 Å². The van der Waals surface area contributed by atoms with Crippen LogP contribution in [0.3, 0.4) is 0 Å². The van der Waals surface area contributed by atoms with E-state index < -0.39 is 5.97 Å². The average molecular weight is 227 g/mol. The third-order valence-electron chi connectivity index (χ3n) is 1.35. The van der Waals surface area contributed by atoms with Crippen LogP contribution >= 0.6 is 23.2 Å². The Bertz CT molecular complexity index is 315. The van der Waals surface area contributed by atoms with E-state index in [1.807, 2.05) is 0 Å². The van der Waals surface area contributed by atoms with Crippen molar-refractivity contribution in [3.63, 3.8) is 0 Å². The van der Waals surface area contributed by atoms with Crippen LogP contribution in [0, 0.1) is 0 Å². The Morgan fingerprint density at radius 2 is 2.00 bits per heavy atom. The Kier molecular flexibility index (Phi) is 6.01. The van der Waals surface area contributed by atoms with E-state index in [1.54, 1.807) is 12.1 Å². The van der Waals surface area contributed by atoms with Gasteiger partial charge in [0, 0.05) is 22.4 Å².